The highest BCUT2D eigenvalue weighted by molar-refractivity contribution is 6.31. The van der Waals surface area contributed by atoms with Crippen molar-refractivity contribution in [3.8, 4) is 0 Å². The maximum absolute atomic E-state index is 13.7. The van der Waals surface area contributed by atoms with Gasteiger partial charge >= 0.3 is 0 Å². The zero-order chi connectivity index (χ0) is 23.3. The molecule has 3 aromatic carbocycles. The van der Waals surface area contributed by atoms with E-state index in [4.69, 9.17) is 16.4 Å². The van der Waals surface area contributed by atoms with Crippen LogP contribution in [0.2, 0.25) is 5.02 Å². The smallest absolute Gasteiger partial charge is 0.266 e. The van der Waals surface area contributed by atoms with Crippen molar-refractivity contribution in [2.45, 2.75) is 19.1 Å². The number of amides is 2. The van der Waals surface area contributed by atoms with E-state index < -0.39 is 18.1 Å². The fourth-order valence-corrected chi connectivity index (χ4v) is 4.80. The number of hydrogen-bond acceptors (Lipinski definition) is 5. The molecule has 2 fully saturated rings. The summed E-state index contributed by atoms with van der Waals surface area (Å²) >= 11 is 6.13. The van der Waals surface area contributed by atoms with Crippen LogP contribution in [0.25, 0.3) is 0 Å². The summed E-state index contributed by atoms with van der Waals surface area (Å²) in [6, 6.07) is 22.1. The molecular weight excluding hydrogens is 438 g/mol. The summed E-state index contributed by atoms with van der Waals surface area (Å²) in [5, 5.41) is 2.20. The fraction of sp³-hybridized carbons (Fsp3) is 0.231. The number of para-hydroxylation sites is 1. The Morgan fingerprint density at radius 1 is 0.909 bits per heavy atom. The monoisotopic (exact) mass is 461 g/mol. The highest BCUT2D eigenvalue weighted by atomic mass is 35.5. The number of hydroxylamine groups is 1. The Hall–Kier alpha value is -3.35. The summed E-state index contributed by atoms with van der Waals surface area (Å²) < 4.78 is 0. The second-order valence-electron chi connectivity index (χ2n) is 8.59. The summed E-state index contributed by atoms with van der Waals surface area (Å²) in [4.78, 5) is 36.5. The van der Waals surface area contributed by atoms with Crippen molar-refractivity contribution in [1.29, 1.82) is 0 Å². The zero-order valence-corrected chi connectivity index (χ0v) is 19.4. The molecule has 33 heavy (non-hydrogen) atoms. The van der Waals surface area contributed by atoms with E-state index in [9.17, 15) is 9.59 Å². The second kappa shape index (κ2) is 8.21. The van der Waals surface area contributed by atoms with Gasteiger partial charge in [0.1, 0.15) is 5.92 Å². The van der Waals surface area contributed by atoms with Crippen LogP contribution in [0.5, 0.6) is 0 Å². The maximum Gasteiger partial charge on any atom is 0.266 e. The van der Waals surface area contributed by atoms with Crippen LogP contribution in [0.1, 0.15) is 17.2 Å². The van der Waals surface area contributed by atoms with Gasteiger partial charge in [0.15, 0.2) is 6.10 Å². The molecular formula is C26H24ClN3O3. The number of halogens is 1. The minimum absolute atomic E-state index is 0.287. The molecule has 7 heteroatoms. The van der Waals surface area contributed by atoms with Crippen LogP contribution in [0.4, 0.5) is 17.1 Å². The van der Waals surface area contributed by atoms with Crippen LogP contribution >= 0.6 is 11.6 Å². The molecule has 2 heterocycles. The molecule has 0 radical (unpaired) electrons. The molecule has 2 saturated heterocycles. The minimum atomic E-state index is -0.908. The minimum Gasteiger partial charge on any atom is -0.378 e. The topological polar surface area (TPSA) is 53.1 Å². The molecule has 0 unspecified atom stereocenters. The molecule has 2 aliphatic rings. The summed E-state index contributed by atoms with van der Waals surface area (Å²) in [5.41, 5.74) is 4.25. The molecule has 3 atom stereocenters. The van der Waals surface area contributed by atoms with Crippen molar-refractivity contribution in [2.24, 2.45) is 5.92 Å². The molecule has 0 spiro atoms. The van der Waals surface area contributed by atoms with Crippen LogP contribution < -0.4 is 14.9 Å². The van der Waals surface area contributed by atoms with Crippen molar-refractivity contribution in [3.05, 3.63) is 88.9 Å². The molecule has 0 bridgehead atoms. The quantitative estimate of drug-likeness (QED) is 0.524. The van der Waals surface area contributed by atoms with Crippen LogP contribution in [0, 0.1) is 12.8 Å². The first-order valence-electron chi connectivity index (χ1n) is 10.8. The number of fused-ring (bicyclic) bond motifs is 1. The SMILES string of the molecule is Cc1ccccc1N1O[C@@H]2C(=O)N(c3cccc(Cl)c3)C(=O)[C@@H]2[C@H]1c1ccc(N(C)C)cc1. The summed E-state index contributed by atoms with van der Waals surface area (Å²) in [7, 11) is 3.96. The molecule has 0 aromatic heterocycles. The van der Waals surface area contributed by atoms with Crippen LogP contribution in [0.3, 0.4) is 0 Å². The van der Waals surface area contributed by atoms with E-state index in [-0.39, 0.29) is 11.8 Å². The largest absolute Gasteiger partial charge is 0.378 e. The Labute approximate surface area is 197 Å². The van der Waals surface area contributed by atoms with Gasteiger partial charge in [-0.05, 0) is 54.4 Å². The van der Waals surface area contributed by atoms with Crippen molar-refractivity contribution < 1.29 is 14.4 Å². The highest BCUT2D eigenvalue weighted by Gasteiger charge is 2.60. The summed E-state index contributed by atoms with van der Waals surface area (Å²) in [5.74, 6) is -1.34. The lowest BCUT2D eigenvalue weighted by molar-refractivity contribution is -0.126. The van der Waals surface area contributed by atoms with E-state index in [1.165, 1.54) is 4.90 Å². The first kappa shape index (κ1) is 21.5. The molecule has 0 N–H and O–H groups in total. The summed E-state index contributed by atoms with van der Waals surface area (Å²) in [6.07, 6.45) is -0.908. The lowest BCUT2D eigenvalue weighted by Gasteiger charge is -2.30. The Bertz CT molecular complexity index is 1230. The fourth-order valence-electron chi connectivity index (χ4n) is 4.61. The molecule has 2 aliphatic heterocycles. The van der Waals surface area contributed by atoms with E-state index >= 15 is 0 Å². The van der Waals surface area contributed by atoms with Crippen LogP contribution in [0.15, 0.2) is 72.8 Å². The van der Waals surface area contributed by atoms with Gasteiger partial charge in [0.25, 0.3) is 5.91 Å². The van der Waals surface area contributed by atoms with E-state index in [1.54, 1.807) is 29.3 Å². The Balaban J connectivity index is 1.59. The standard InChI is InChI=1S/C26H24ClN3O3/c1-16-7-4-5-10-21(16)30-23(17-11-13-19(14-12-17)28(2)3)22-24(33-30)26(32)29(25(22)31)20-9-6-8-18(27)15-20/h4-15,22-24H,1-3H3/t22-,23-,24+/m1/s1. The van der Waals surface area contributed by atoms with E-state index in [0.717, 1.165) is 22.5 Å². The van der Waals surface area contributed by atoms with Gasteiger partial charge in [0.2, 0.25) is 5.91 Å². The number of rotatable bonds is 4. The van der Waals surface area contributed by atoms with Gasteiger partial charge in [0, 0.05) is 24.8 Å². The summed E-state index contributed by atoms with van der Waals surface area (Å²) in [6.45, 7) is 1.99. The molecule has 0 saturated carbocycles. The van der Waals surface area contributed by atoms with Gasteiger partial charge in [-0.25, -0.2) is 9.96 Å². The molecule has 168 valence electrons. The first-order valence-corrected chi connectivity index (χ1v) is 11.2. The van der Waals surface area contributed by atoms with Gasteiger partial charge in [0.05, 0.1) is 17.4 Å². The molecule has 2 amide bonds. The molecule has 5 rings (SSSR count). The number of carbonyl (C=O) groups excluding carboxylic acids is 2. The predicted octanol–water partition coefficient (Wildman–Crippen LogP) is 4.77. The zero-order valence-electron chi connectivity index (χ0n) is 18.6. The number of hydrogen-bond donors (Lipinski definition) is 0. The average Bonchev–Trinajstić information content (AvgIpc) is 3.30. The Morgan fingerprint density at radius 2 is 1.64 bits per heavy atom. The van der Waals surface area contributed by atoms with Gasteiger partial charge in [-0.2, -0.15) is 0 Å². The van der Waals surface area contributed by atoms with Crippen LogP contribution in [-0.2, 0) is 14.4 Å². The normalized spacial score (nSPS) is 22.1. The second-order valence-corrected chi connectivity index (χ2v) is 9.02. The lowest BCUT2D eigenvalue weighted by atomic mass is 9.90. The average molecular weight is 462 g/mol. The number of benzene rings is 3. The predicted molar refractivity (Wildman–Crippen MR) is 129 cm³/mol. The third-order valence-corrected chi connectivity index (χ3v) is 6.52. The number of anilines is 3. The van der Waals surface area contributed by atoms with Crippen molar-refractivity contribution in [2.75, 3.05) is 29.0 Å². The third kappa shape index (κ3) is 3.56. The maximum atomic E-state index is 13.7. The molecule has 3 aromatic rings. The van der Waals surface area contributed by atoms with Crippen molar-refractivity contribution in [3.63, 3.8) is 0 Å². The van der Waals surface area contributed by atoms with Crippen LogP contribution in [-0.4, -0.2) is 32.0 Å². The van der Waals surface area contributed by atoms with E-state index in [0.29, 0.717) is 10.7 Å². The van der Waals surface area contributed by atoms with Crippen molar-refractivity contribution in [1.82, 2.24) is 0 Å². The molecule has 0 aliphatic carbocycles. The number of carbonyl (C=O) groups is 2. The first-order chi connectivity index (χ1) is 15.9. The molecule has 6 nitrogen and oxygen atoms in total. The van der Waals surface area contributed by atoms with E-state index in [2.05, 4.69) is 0 Å². The van der Waals surface area contributed by atoms with E-state index in [1.807, 2.05) is 74.4 Å². The number of aryl methyl sites for hydroxylation is 1. The highest BCUT2D eigenvalue weighted by Crippen LogP contribution is 2.48. The van der Waals surface area contributed by atoms with Gasteiger partial charge in [-0.3, -0.25) is 14.4 Å². The number of nitrogens with zero attached hydrogens (tertiary/aromatic N) is 3. The lowest BCUT2D eigenvalue weighted by Crippen LogP contribution is -2.37. The Kier molecular flexibility index (Phi) is 5.35. The number of imide groups is 1. The van der Waals surface area contributed by atoms with Gasteiger partial charge in [-0.15, -0.1) is 0 Å². The van der Waals surface area contributed by atoms with Crippen molar-refractivity contribution >= 4 is 40.5 Å². The Morgan fingerprint density at radius 3 is 2.30 bits per heavy atom. The third-order valence-electron chi connectivity index (χ3n) is 6.29. The van der Waals surface area contributed by atoms with Gasteiger partial charge < -0.3 is 4.90 Å². The van der Waals surface area contributed by atoms with Gasteiger partial charge in [-0.1, -0.05) is 48.0 Å².